The molecule has 0 saturated carbocycles. The first-order valence-electron chi connectivity index (χ1n) is 7.79. The molecule has 2 heterocycles. The van der Waals surface area contributed by atoms with Crippen molar-refractivity contribution in [3.8, 4) is 5.69 Å². The number of amides is 1. The van der Waals surface area contributed by atoms with Crippen molar-refractivity contribution in [1.82, 2.24) is 20.0 Å². The van der Waals surface area contributed by atoms with E-state index < -0.39 is 0 Å². The van der Waals surface area contributed by atoms with Crippen molar-refractivity contribution in [2.24, 2.45) is 0 Å². The number of hydrogen-bond acceptors (Lipinski definition) is 3. The van der Waals surface area contributed by atoms with Crippen LogP contribution in [0, 0.1) is 19.7 Å². The molecule has 3 rings (SSSR count). The van der Waals surface area contributed by atoms with Crippen LogP contribution in [0.4, 0.5) is 4.39 Å². The van der Waals surface area contributed by atoms with Crippen molar-refractivity contribution < 1.29 is 9.18 Å². The number of rotatable bonds is 3. The number of nitrogens with one attached hydrogen (secondary N) is 1. The molecule has 0 aliphatic carbocycles. The Labute approximate surface area is 135 Å². The second-order valence-electron chi connectivity index (χ2n) is 6.00. The lowest BCUT2D eigenvalue weighted by molar-refractivity contribution is 0.0742. The average molecular weight is 316 g/mol. The maximum atomic E-state index is 13.1. The number of carbonyl (C=O) groups is 1. The van der Waals surface area contributed by atoms with Gasteiger partial charge in [0.25, 0.3) is 5.91 Å². The summed E-state index contributed by atoms with van der Waals surface area (Å²) < 4.78 is 14.8. The highest BCUT2D eigenvalue weighted by Gasteiger charge is 2.28. The zero-order valence-corrected chi connectivity index (χ0v) is 13.6. The van der Waals surface area contributed by atoms with Crippen molar-refractivity contribution in [3.63, 3.8) is 0 Å². The molecule has 1 aromatic carbocycles. The van der Waals surface area contributed by atoms with Crippen molar-refractivity contribution in [1.29, 1.82) is 0 Å². The van der Waals surface area contributed by atoms with E-state index in [4.69, 9.17) is 0 Å². The molecule has 6 heteroatoms. The van der Waals surface area contributed by atoms with E-state index >= 15 is 0 Å². The van der Waals surface area contributed by atoms with Crippen LogP contribution in [0.5, 0.6) is 0 Å². The molecule has 1 N–H and O–H groups in total. The molecule has 122 valence electrons. The van der Waals surface area contributed by atoms with E-state index in [0.717, 1.165) is 30.9 Å². The number of likely N-dealkylation sites (N-methyl/N-ethyl adjacent to an activating group) is 1. The van der Waals surface area contributed by atoms with Gasteiger partial charge in [0, 0.05) is 19.6 Å². The Hall–Kier alpha value is -2.21. The third-order valence-electron chi connectivity index (χ3n) is 4.48. The van der Waals surface area contributed by atoms with Crippen LogP contribution >= 0.6 is 0 Å². The highest BCUT2D eigenvalue weighted by Crippen LogP contribution is 2.21. The summed E-state index contributed by atoms with van der Waals surface area (Å²) in [4.78, 5) is 14.7. The summed E-state index contributed by atoms with van der Waals surface area (Å²) in [6, 6.07) is 6.32. The van der Waals surface area contributed by atoms with Gasteiger partial charge in [-0.2, -0.15) is 5.10 Å². The summed E-state index contributed by atoms with van der Waals surface area (Å²) >= 11 is 0. The van der Waals surface area contributed by atoms with Gasteiger partial charge in [-0.25, -0.2) is 9.07 Å². The van der Waals surface area contributed by atoms with E-state index in [1.54, 1.807) is 21.7 Å². The quantitative estimate of drug-likeness (QED) is 0.943. The van der Waals surface area contributed by atoms with E-state index in [1.165, 1.54) is 12.1 Å². The monoisotopic (exact) mass is 316 g/mol. The van der Waals surface area contributed by atoms with E-state index in [0.29, 0.717) is 11.3 Å². The number of aromatic nitrogens is 2. The molecule has 2 aromatic rings. The molecule has 0 bridgehead atoms. The lowest BCUT2D eigenvalue weighted by Gasteiger charge is -2.24. The molecule has 1 aromatic heterocycles. The molecule has 1 unspecified atom stereocenters. The molecule has 0 radical (unpaired) electrons. The number of benzene rings is 1. The first-order chi connectivity index (χ1) is 11.0. The standard InChI is InChI=1S/C17H21FN4O/c1-11-16(17(23)21(3)15-8-9-19-10-15)12(2)22(20-11)14-6-4-13(18)5-7-14/h4-7,15,19H,8-10H2,1-3H3. The Morgan fingerprint density at radius 3 is 2.65 bits per heavy atom. The maximum Gasteiger partial charge on any atom is 0.257 e. The summed E-state index contributed by atoms with van der Waals surface area (Å²) in [6.45, 7) is 5.47. The number of hydrogen-bond donors (Lipinski definition) is 1. The minimum absolute atomic E-state index is 0.0120. The molecular weight excluding hydrogens is 295 g/mol. The van der Waals surface area contributed by atoms with Crippen molar-refractivity contribution in [2.45, 2.75) is 26.3 Å². The van der Waals surface area contributed by atoms with Crippen LogP contribution < -0.4 is 5.32 Å². The van der Waals surface area contributed by atoms with Crippen LogP contribution in [0.2, 0.25) is 0 Å². The van der Waals surface area contributed by atoms with Crippen LogP contribution in [0.15, 0.2) is 24.3 Å². The van der Waals surface area contributed by atoms with Crippen LogP contribution in [0.25, 0.3) is 5.69 Å². The van der Waals surface area contributed by atoms with Gasteiger partial charge < -0.3 is 10.2 Å². The smallest absolute Gasteiger partial charge is 0.257 e. The molecular formula is C17H21FN4O. The van der Waals surface area contributed by atoms with Crippen LogP contribution in [0.1, 0.15) is 28.2 Å². The summed E-state index contributed by atoms with van der Waals surface area (Å²) in [6.07, 6.45) is 0.965. The highest BCUT2D eigenvalue weighted by atomic mass is 19.1. The predicted molar refractivity (Wildman–Crippen MR) is 86.4 cm³/mol. The van der Waals surface area contributed by atoms with Gasteiger partial charge in [0.2, 0.25) is 0 Å². The van der Waals surface area contributed by atoms with E-state index in [9.17, 15) is 9.18 Å². The van der Waals surface area contributed by atoms with Crippen molar-refractivity contribution in [2.75, 3.05) is 20.1 Å². The summed E-state index contributed by atoms with van der Waals surface area (Å²) in [5.74, 6) is -0.304. The minimum Gasteiger partial charge on any atom is -0.337 e. The average Bonchev–Trinajstić information content (AvgIpc) is 3.15. The first kappa shape index (κ1) is 15.7. The van der Waals surface area contributed by atoms with Gasteiger partial charge in [0.1, 0.15) is 5.82 Å². The summed E-state index contributed by atoms with van der Waals surface area (Å²) in [5, 5.41) is 7.75. The fraction of sp³-hybridized carbons (Fsp3) is 0.412. The Morgan fingerprint density at radius 1 is 1.35 bits per heavy atom. The van der Waals surface area contributed by atoms with E-state index in [-0.39, 0.29) is 17.8 Å². The van der Waals surface area contributed by atoms with Gasteiger partial charge >= 0.3 is 0 Å². The Bertz CT molecular complexity index is 717. The SMILES string of the molecule is Cc1nn(-c2ccc(F)cc2)c(C)c1C(=O)N(C)C1CCNC1. The fourth-order valence-electron chi connectivity index (χ4n) is 3.10. The van der Waals surface area contributed by atoms with Gasteiger partial charge in [0.15, 0.2) is 0 Å². The second kappa shape index (κ2) is 6.12. The normalized spacial score (nSPS) is 17.5. The zero-order chi connectivity index (χ0) is 16.6. The third-order valence-corrected chi connectivity index (χ3v) is 4.48. The molecule has 1 atom stereocenters. The largest absolute Gasteiger partial charge is 0.337 e. The summed E-state index contributed by atoms with van der Waals surface area (Å²) in [7, 11) is 1.84. The topological polar surface area (TPSA) is 50.2 Å². The molecule has 1 aliphatic heterocycles. The molecule has 5 nitrogen and oxygen atoms in total. The number of carbonyl (C=O) groups excluding carboxylic acids is 1. The number of halogens is 1. The van der Waals surface area contributed by atoms with Gasteiger partial charge in [-0.1, -0.05) is 0 Å². The van der Waals surface area contributed by atoms with Gasteiger partial charge in [-0.15, -0.1) is 0 Å². The fourth-order valence-corrected chi connectivity index (χ4v) is 3.10. The molecule has 1 saturated heterocycles. The van der Waals surface area contributed by atoms with Gasteiger partial charge in [0.05, 0.1) is 22.6 Å². The van der Waals surface area contributed by atoms with E-state index in [2.05, 4.69) is 10.4 Å². The number of nitrogens with zero attached hydrogens (tertiary/aromatic N) is 3. The molecule has 1 fully saturated rings. The predicted octanol–water partition coefficient (Wildman–Crippen LogP) is 2.06. The molecule has 1 amide bonds. The van der Waals surface area contributed by atoms with E-state index in [1.807, 2.05) is 20.9 Å². The molecule has 1 aliphatic rings. The van der Waals surface area contributed by atoms with Crippen LogP contribution in [-0.4, -0.2) is 46.8 Å². The Kier molecular flexibility index (Phi) is 4.17. The number of aryl methyl sites for hydroxylation is 1. The second-order valence-corrected chi connectivity index (χ2v) is 6.00. The third kappa shape index (κ3) is 2.86. The molecule has 0 spiro atoms. The van der Waals surface area contributed by atoms with Crippen LogP contribution in [-0.2, 0) is 0 Å². The summed E-state index contributed by atoms with van der Waals surface area (Å²) in [5.41, 5.74) is 2.84. The lowest BCUT2D eigenvalue weighted by atomic mass is 10.1. The first-order valence-corrected chi connectivity index (χ1v) is 7.79. The maximum absolute atomic E-state index is 13.1. The Balaban J connectivity index is 1.94. The van der Waals surface area contributed by atoms with Crippen molar-refractivity contribution >= 4 is 5.91 Å². The molecule has 23 heavy (non-hydrogen) atoms. The van der Waals surface area contributed by atoms with Gasteiger partial charge in [-0.05, 0) is 51.1 Å². The Morgan fingerprint density at radius 2 is 2.04 bits per heavy atom. The lowest BCUT2D eigenvalue weighted by Crippen LogP contribution is -2.38. The zero-order valence-electron chi connectivity index (χ0n) is 13.6. The van der Waals surface area contributed by atoms with Crippen LogP contribution in [0.3, 0.4) is 0 Å². The van der Waals surface area contributed by atoms with Crippen molar-refractivity contribution in [3.05, 3.63) is 47.0 Å². The highest BCUT2D eigenvalue weighted by molar-refractivity contribution is 5.96. The van der Waals surface area contributed by atoms with Gasteiger partial charge in [-0.3, -0.25) is 4.79 Å². The minimum atomic E-state index is -0.292.